The molecule has 0 saturated heterocycles. The summed E-state index contributed by atoms with van der Waals surface area (Å²) in [7, 11) is 0. The molecule has 9 aromatic rings. The van der Waals surface area contributed by atoms with Crippen LogP contribution in [0.15, 0.2) is 205 Å². The minimum absolute atomic E-state index is 0.448. The van der Waals surface area contributed by atoms with Crippen LogP contribution < -0.4 is 4.90 Å². The van der Waals surface area contributed by atoms with Gasteiger partial charge in [0.2, 0.25) is 0 Å². The highest BCUT2D eigenvalue weighted by Gasteiger charge is 2.45. The van der Waals surface area contributed by atoms with Crippen LogP contribution in [0.3, 0.4) is 0 Å². The molecule has 0 fully saturated rings. The fourth-order valence-corrected chi connectivity index (χ4v) is 8.47. The van der Waals surface area contributed by atoms with E-state index in [-0.39, 0.29) is 0 Å². The Hall–Kier alpha value is -6.64. The lowest BCUT2D eigenvalue weighted by atomic mass is 9.68. The summed E-state index contributed by atoms with van der Waals surface area (Å²) in [6.07, 6.45) is 0. The van der Waals surface area contributed by atoms with Crippen LogP contribution in [0.5, 0.6) is 0 Å². The molecule has 0 saturated carbocycles. The quantitative estimate of drug-likeness (QED) is 0.178. The van der Waals surface area contributed by atoms with E-state index in [9.17, 15) is 0 Å². The largest absolute Gasteiger partial charge is 0.456 e. The average molecular weight is 652 g/mol. The number of hydrogen-bond donors (Lipinski definition) is 0. The maximum absolute atomic E-state index is 6.57. The van der Waals surface area contributed by atoms with E-state index >= 15 is 0 Å². The summed E-state index contributed by atoms with van der Waals surface area (Å²) in [5.41, 5.74) is 14.6. The second-order valence-electron chi connectivity index (χ2n) is 13.2. The van der Waals surface area contributed by atoms with Crippen LogP contribution in [0.2, 0.25) is 0 Å². The number of furan rings is 1. The summed E-state index contributed by atoms with van der Waals surface area (Å²) in [5.74, 6) is 0. The van der Waals surface area contributed by atoms with Crippen molar-refractivity contribution < 1.29 is 4.42 Å². The number of rotatable bonds is 6. The zero-order valence-corrected chi connectivity index (χ0v) is 27.9. The number of benzene rings is 8. The van der Waals surface area contributed by atoms with Crippen LogP contribution in [0.25, 0.3) is 44.2 Å². The normalized spacial score (nSPS) is 12.9. The van der Waals surface area contributed by atoms with Gasteiger partial charge in [-0.25, -0.2) is 0 Å². The summed E-state index contributed by atoms with van der Waals surface area (Å²) in [6.45, 7) is 0. The summed E-state index contributed by atoms with van der Waals surface area (Å²) in [5, 5.41) is 2.22. The van der Waals surface area contributed by atoms with Crippen LogP contribution in [0.4, 0.5) is 17.1 Å². The Kier molecular flexibility index (Phi) is 6.75. The molecule has 0 N–H and O–H groups in total. The van der Waals surface area contributed by atoms with Gasteiger partial charge in [-0.15, -0.1) is 0 Å². The average Bonchev–Trinajstić information content (AvgIpc) is 3.74. The van der Waals surface area contributed by atoms with Crippen LogP contribution in [0, 0.1) is 0 Å². The first kappa shape index (κ1) is 29.3. The molecule has 2 nitrogen and oxygen atoms in total. The molecule has 0 atom stereocenters. The number of nitrogens with zero attached hydrogens (tertiary/aromatic N) is 1. The highest BCUT2D eigenvalue weighted by Crippen LogP contribution is 2.56. The van der Waals surface area contributed by atoms with E-state index in [4.69, 9.17) is 4.42 Å². The monoisotopic (exact) mass is 651 g/mol. The van der Waals surface area contributed by atoms with Crippen LogP contribution >= 0.6 is 0 Å². The van der Waals surface area contributed by atoms with E-state index in [2.05, 4.69) is 205 Å². The molecule has 1 aromatic heterocycles. The fraction of sp³-hybridized carbons (Fsp3) is 0.0204. The van der Waals surface area contributed by atoms with E-state index in [1.54, 1.807) is 0 Å². The first-order chi connectivity index (χ1) is 25.3. The molecule has 2 heteroatoms. The Bertz CT molecular complexity index is 2630. The maximum atomic E-state index is 6.57. The Morgan fingerprint density at radius 3 is 1.51 bits per heavy atom. The third-order valence-corrected chi connectivity index (χ3v) is 10.6. The smallest absolute Gasteiger partial charge is 0.137 e. The van der Waals surface area contributed by atoms with E-state index in [1.165, 1.54) is 38.9 Å². The minimum Gasteiger partial charge on any atom is -0.456 e. The number of hydrogen-bond acceptors (Lipinski definition) is 2. The van der Waals surface area contributed by atoms with E-state index < -0.39 is 5.41 Å². The zero-order chi connectivity index (χ0) is 33.8. The SMILES string of the molecule is c1ccc(-c2cccc3oc4cccc(N(c5ccccc5)c5ccc(C6(c7ccccc7)c7ccccc7-c7ccccc76)cc5)c4c23)cc1. The predicted molar refractivity (Wildman–Crippen MR) is 211 cm³/mol. The Morgan fingerprint density at radius 1 is 0.353 bits per heavy atom. The van der Waals surface area contributed by atoms with Gasteiger partial charge in [0.1, 0.15) is 11.2 Å². The summed E-state index contributed by atoms with van der Waals surface area (Å²) in [4.78, 5) is 2.37. The molecule has 0 unspecified atom stereocenters. The lowest BCUT2D eigenvalue weighted by molar-refractivity contribution is 0.669. The van der Waals surface area contributed by atoms with E-state index in [0.717, 1.165) is 44.6 Å². The standard InChI is InChI=1S/C49H33NO/c1-4-16-34(17-5-1)39-24-14-28-45-47(39)48-44(27-15-29-46(48)51-45)50(37-20-8-3-9-21-37)38-32-30-36(31-33-38)49(35-18-6-2-7-19-35)42-25-12-10-22-40(42)41-23-11-13-26-43(41)49/h1-33H. The van der Waals surface area contributed by atoms with Crippen molar-refractivity contribution in [1.82, 2.24) is 0 Å². The van der Waals surface area contributed by atoms with Crippen molar-refractivity contribution in [3.8, 4) is 22.3 Å². The maximum Gasteiger partial charge on any atom is 0.137 e. The molecule has 51 heavy (non-hydrogen) atoms. The summed E-state index contributed by atoms with van der Waals surface area (Å²) in [6, 6.07) is 72.0. The molecule has 0 radical (unpaired) electrons. The molecule has 0 aliphatic heterocycles. The second kappa shape index (κ2) is 11.8. The van der Waals surface area contributed by atoms with E-state index in [0.29, 0.717) is 0 Å². The van der Waals surface area contributed by atoms with Gasteiger partial charge in [0.25, 0.3) is 0 Å². The van der Waals surface area contributed by atoms with Crippen molar-refractivity contribution in [2.24, 2.45) is 0 Å². The molecule has 0 amide bonds. The van der Waals surface area contributed by atoms with Gasteiger partial charge < -0.3 is 9.32 Å². The van der Waals surface area contributed by atoms with Gasteiger partial charge in [-0.1, -0.05) is 158 Å². The predicted octanol–water partition coefficient (Wildman–Crippen LogP) is 13.1. The van der Waals surface area contributed by atoms with Gasteiger partial charge in [-0.05, 0) is 87.0 Å². The summed E-state index contributed by atoms with van der Waals surface area (Å²) < 4.78 is 6.57. The van der Waals surface area contributed by atoms with Gasteiger partial charge in [-0.2, -0.15) is 0 Å². The molecule has 1 aliphatic carbocycles. The number of anilines is 3. The van der Waals surface area contributed by atoms with Crippen molar-refractivity contribution in [3.63, 3.8) is 0 Å². The molecule has 0 spiro atoms. The third kappa shape index (κ3) is 4.43. The fourth-order valence-electron chi connectivity index (χ4n) is 8.47. The van der Waals surface area contributed by atoms with Gasteiger partial charge in [-0.3, -0.25) is 0 Å². The Morgan fingerprint density at radius 2 is 0.843 bits per heavy atom. The highest BCUT2D eigenvalue weighted by atomic mass is 16.3. The van der Waals surface area contributed by atoms with Crippen molar-refractivity contribution in [2.45, 2.75) is 5.41 Å². The Labute approximate surface area is 297 Å². The van der Waals surface area contributed by atoms with Crippen LogP contribution in [-0.4, -0.2) is 0 Å². The molecule has 1 aliphatic rings. The van der Waals surface area contributed by atoms with Gasteiger partial charge in [0.05, 0.1) is 16.5 Å². The van der Waals surface area contributed by atoms with Crippen molar-refractivity contribution >= 4 is 39.0 Å². The molecular weight excluding hydrogens is 619 g/mol. The van der Waals surface area contributed by atoms with Gasteiger partial charge >= 0.3 is 0 Å². The molecular formula is C49H33NO. The molecule has 8 aromatic carbocycles. The molecule has 10 rings (SSSR count). The second-order valence-corrected chi connectivity index (χ2v) is 13.2. The molecule has 240 valence electrons. The first-order valence-corrected chi connectivity index (χ1v) is 17.5. The number of fused-ring (bicyclic) bond motifs is 6. The van der Waals surface area contributed by atoms with Crippen molar-refractivity contribution in [2.75, 3.05) is 4.90 Å². The van der Waals surface area contributed by atoms with Gasteiger partial charge in [0, 0.05) is 16.8 Å². The first-order valence-electron chi connectivity index (χ1n) is 17.5. The number of para-hydroxylation sites is 1. The zero-order valence-electron chi connectivity index (χ0n) is 27.9. The van der Waals surface area contributed by atoms with Crippen LogP contribution in [0.1, 0.15) is 22.3 Å². The molecule has 0 bridgehead atoms. The highest BCUT2D eigenvalue weighted by molar-refractivity contribution is 6.18. The van der Waals surface area contributed by atoms with E-state index in [1.807, 2.05) is 0 Å². The third-order valence-electron chi connectivity index (χ3n) is 10.6. The topological polar surface area (TPSA) is 16.4 Å². The van der Waals surface area contributed by atoms with Gasteiger partial charge in [0.15, 0.2) is 0 Å². The Balaban J connectivity index is 1.21. The summed E-state index contributed by atoms with van der Waals surface area (Å²) >= 11 is 0. The van der Waals surface area contributed by atoms with Crippen LogP contribution in [-0.2, 0) is 5.41 Å². The lowest BCUT2D eigenvalue weighted by Crippen LogP contribution is -2.28. The van der Waals surface area contributed by atoms with Crippen molar-refractivity contribution in [1.29, 1.82) is 0 Å². The van der Waals surface area contributed by atoms with Crippen molar-refractivity contribution in [3.05, 3.63) is 222 Å². The minimum atomic E-state index is -0.448. The molecule has 1 heterocycles. The lowest BCUT2D eigenvalue weighted by Gasteiger charge is -2.34.